The molecule has 160 valence electrons. The minimum Gasteiger partial charge on any atom is -0.273 e. The first kappa shape index (κ1) is 21.6. The SMILES string of the molecule is C=C(c1ccc(CN2C(=O)CSC2=O)cc1)c1cc2c(cc1C)C(C)(C)C=CC2(C)C. The van der Waals surface area contributed by atoms with Gasteiger partial charge < -0.3 is 0 Å². The van der Waals surface area contributed by atoms with E-state index in [0.29, 0.717) is 6.54 Å². The third-order valence-corrected chi connectivity index (χ3v) is 7.34. The second kappa shape index (κ2) is 7.52. The summed E-state index contributed by atoms with van der Waals surface area (Å²) in [4.78, 5) is 25.0. The maximum atomic E-state index is 11.9. The normalized spacial score (nSPS) is 18.9. The number of imide groups is 1. The number of thioether (sulfide) groups is 1. The van der Waals surface area contributed by atoms with Crippen LogP contribution >= 0.6 is 11.8 Å². The predicted octanol–water partition coefficient (Wildman–Crippen LogP) is 6.38. The summed E-state index contributed by atoms with van der Waals surface area (Å²) < 4.78 is 0. The molecular formula is C27H29NO2S. The average Bonchev–Trinajstić information content (AvgIpc) is 3.03. The fourth-order valence-corrected chi connectivity index (χ4v) is 5.10. The average molecular weight is 432 g/mol. The molecule has 0 unspecified atom stereocenters. The Morgan fingerprint density at radius 3 is 2.13 bits per heavy atom. The first-order valence-corrected chi connectivity index (χ1v) is 11.6. The molecular weight excluding hydrogens is 402 g/mol. The minimum absolute atomic E-state index is 0.0137. The molecule has 2 aromatic carbocycles. The van der Waals surface area contributed by atoms with Crippen LogP contribution in [0.4, 0.5) is 4.79 Å². The lowest BCUT2D eigenvalue weighted by Gasteiger charge is -2.37. The zero-order chi connectivity index (χ0) is 22.6. The Morgan fingerprint density at radius 1 is 1.00 bits per heavy atom. The lowest BCUT2D eigenvalue weighted by molar-refractivity contribution is -0.125. The molecule has 0 bridgehead atoms. The van der Waals surface area contributed by atoms with E-state index in [1.54, 1.807) is 0 Å². The molecule has 0 aromatic heterocycles. The molecule has 4 rings (SSSR count). The third kappa shape index (κ3) is 3.89. The first-order chi connectivity index (χ1) is 14.5. The van der Waals surface area contributed by atoms with E-state index >= 15 is 0 Å². The van der Waals surface area contributed by atoms with Crippen LogP contribution in [0.1, 0.15) is 61.1 Å². The molecule has 3 nitrogen and oxygen atoms in total. The Morgan fingerprint density at radius 2 is 1.58 bits per heavy atom. The molecule has 1 fully saturated rings. The molecule has 0 radical (unpaired) electrons. The monoisotopic (exact) mass is 431 g/mol. The molecule has 1 heterocycles. The van der Waals surface area contributed by atoms with Crippen LogP contribution in [-0.2, 0) is 22.2 Å². The van der Waals surface area contributed by atoms with Crippen LogP contribution in [0.25, 0.3) is 5.57 Å². The van der Waals surface area contributed by atoms with E-state index in [9.17, 15) is 9.59 Å². The van der Waals surface area contributed by atoms with Gasteiger partial charge in [-0.3, -0.25) is 14.5 Å². The van der Waals surface area contributed by atoms with Gasteiger partial charge in [0.2, 0.25) is 5.91 Å². The van der Waals surface area contributed by atoms with Crippen molar-refractivity contribution in [3.05, 3.63) is 88.5 Å². The summed E-state index contributed by atoms with van der Waals surface area (Å²) in [7, 11) is 0. The molecule has 0 spiro atoms. The van der Waals surface area contributed by atoms with E-state index in [0.717, 1.165) is 34.0 Å². The summed E-state index contributed by atoms with van der Waals surface area (Å²) >= 11 is 1.07. The van der Waals surface area contributed by atoms with Crippen molar-refractivity contribution in [1.29, 1.82) is 0 Å². The largest absolute Gasteiger partial charge is 0.289 e. The number of allylic oxidation sites excluding steroid dienone is 2. The lowest BCUT2D eigenvalue weighted by atomic mass is 9.67. The first-order valence-electron chi connectivity index (χ1n) is 10.6. The van der Waals surface area contributed by atoms with Crippen LogP contribution in [0, 0.1) is 6.92 Å². The van der Waals surface area contributed by atoms with Crippen LogP contribution in [0.5, 0.6) is 0 Å². The second-order valence-corrected chi connectivity index (χ2v) is 10.6. The van der Waals surface area contributed by atoms with Crippen molar-refractivity contribution in [3.63, 3.8) is 0 Å². The summed E-state index contributed by atoms with van der Waals surface area (Å²) in [5, 5.41) is -0.164. The molecule has 1 aliphatic heterocycles. The van der Waals surface area contributed by atoms with Gasteiger partial charge in [0.05, 0.1) is 12.3 Å². The number of aryl methyl sites for hydroxylation is 1. The zero-order valence-corrected chi connectivity index (χ0v) is 19.7. The highest BCUT2D eigenvalue weighted by molar-refractivity contribution is 8.14. The van der Waals surface area contributed by atoms with Crippen LogP contribution in [-0.4, -0.2) is 21.8 Å². The third-order valence-electron chi connectivity index (χ3n) is 6.48. The van der Waals surface area contributed by atoms with E-state index in [-0.39, 0.29) is 27.7 Å². The van der Waals surface area contributed by atoms with Crippen molar-refractivity contribution in [2.24, 2.45) is 0 Å². The lowest BCUT2D eigenvalue weighted by Crippen LogP contribution is -2.29. The molecule has 0 saturated carbocycles. The Hall–Kier alpha value is -2.59. The Bertz CT molecular complexity index is 1110. The van der Waals surface area contributed by atoms with Crippen LogP contribution in [0.2, 0.25) is 0 Å². The molecule has 2 aliphatic rings. The molecule has 2 aromatic rings. The van der Waals surface area contributed by atoms with Gasteiger partial charge in [-0.25, -0.2) is 0 Å². The van der Waals surface area contributed by atoms with Crippen molar-refractivity contribution in [2.45, 2.75) is 52.0 Å². The summed E-state index contributed by atoms with van der Waals surface area (Å²) in [6.07, 6.45) is 4.63. The Balaban J connectivity index is 1.63. The summed E-state index contributed by atoms with van der Waals surface area (Å²) in [5.41, 5.74) is 8.07. The van der Waals surface area contributed by atoms with Gasteiger partial charge in [0.1, 0.15) is 0 Å². The quantitative estimate of drug-likeness (QED) is 0.527. The van der Waals surface area contributed by atoms with E-state index < -0.39 is 0 Å². The van der Waals surface area contributed by atoms with Gasteiger partial charge in [0, 0.05) is 10.8 Å². The highest BCUT2D eigenvalue weighted by Crippen LogP contribution is 2.43. The van der Waals surface area contributed by atoms with E-state index in [1.807, 2.05) is 24.3 Å². The molecule has 0 atom stereocenters. The van der Waals surface area contributed by atoms with Crippen molar-refractivity contribution in [2.75, 3.05) is 5.75 Å². The van der Waals surface area contributed by atoms with Gasteiger partial charge in [-0.05, 0) is 51.9 Å². The number of nitrogens with zero attached hydrogens (tertiary/aromatic N) is 1. The van der Waals surface area contributed by atoms with Crippen molar-refractivity contribution in [3.8, 4) is 0 Å². The number of hydrogen-bond donors (Lipinski definition) is 0. The number of hydrogen-bond acceptors (Lipinski definition) is 3. The van der Waals surface area contributed by atoms with E-state index in [1.165, 1.54) is 21.6 Å². The predicted molar refractivity (Wildman–Crippen MR) is 129 cm³/mol. The standard InChI is InChI=1S/C27H29NO2S/c1-17-13-22-23(27(5,6)12-11-26(22,3)4)14-21(17)18(2)20-9-7-19(8-10-20)15-28-24(29)16-31-25(28)30/h7-14H,2,15-16H2,1,3-6H3. The molecule has 31 heavy (non-hydrogen) atoms. The van der Waals surface area contributed by atoms with Gasteiger partial charge in [0.15, 0.2) is 0 Å². The fraction of sp³-hybridized carbons (Fsp3) is 0.333. The van der Waals surface area contributed by atoms with Gasteiger partial charge in [-0.15, -0.1) is 0 Å². The number of amides is 2. The fourth-order valence-electron chi connectivity index (χ4n) is 4.38. The number of carbonyl (C=O) groups is 2. The number of benzene rings is 2. The molecule has 0 N–H and O–H groups in total. The van der Waals surface area contributed by atoms with Crippen molar-refractivity contribution in [1.82, 2.24) is 4.90 Å². The van der Waals surface area contributed by atoms with Crippen LogP contribution < -0.4 is 0 Å². The van der Waals surface area contributed by atoms with Gasteiger partial charge in [-0.1, -0.05) is 88.5 Å². The molecule has 1 aliphatic carbocycles. The molecule has 2 amide bonds. The molecule has 4 heteroatoms. The highest BCUT2D eigenvalue weighted by Gasteiger charge is 2.33. The maximum Gasteiger partial charge on any atom is 0.289 e. The van der Waals surface area contributed by atoms with E-state index in [2.05, 4.69) is 65.5 Å². The Kier molecular flexibility index (Phi) is 5.25. The number of rotatable bonds is 4. The summed E-state index contributed by atoms with van der Waals surface area (Å²) in [6, 6.07) is 12.7. The molecule has 1 saturated heterocycles. The smallest absolute Gasteiger partial charge is 0.273 e. The zero-order valence-electron chi connectivity index (χ0n) is 18.9. The number of carbonyl (C=O) groups excluding carboxylic acids is 2. The van der Waals surface area contributed by atoms with Gasteiger partial charge in [-0.2, -0.15) is 0 Å². The van der Waals surface area contributed by atoms with Gasteiger partial charge >= 0.3 is 0 Å². The highest BCUT2D eigenvalue weighted by atomic mass is 32.2. The van der Waals surface area contributed by atoms with Crippen molar-refractivity contribution >= 4 is 28.5 Å². The van der Waals surface area contributed by atoms with Crippen LogP contribution in [0.15, 0.2) is 55.1 Å². The summed E-state index contributed by atoms with van der Waals surface area (Å²) in [5.74, 6) is 0.126. The summed E-state index contributed by atoms with van der Waals surface area (Å²) in [6.45, 7) is 15.9. The van der Waals surface area contributed by atoms with Gasteiger partial charge in [0.25, 0.3) is 5.24 Å². The topological polar surface area (TPSA) is 37.4 Å². The minimum atomic E-state index is -0.164. The van der Waals surface area contributed by atoms with Crippen molar-refractivity contribution < 1.29 is 9.59 Å². The number of fused-ring (bicyclic) bond motifs is 1. The second-order valence-electron chi connectivity index (χ2n) is 9.70. The maximum absolute atomic E-state index is 11.9. The van der Waals surface area contributed by atoms with Crippen LogP contribution in [0.3, 0.4) is 0 Å². The Labute approximate surface area is 189 Å². The van der Waals surface area contributed by atoms with E-state index in [4.69, 9.17) is 0 Å².